The maximum absolute atomic E-state index is 13.2. The van der Waals surface area contributed by atoms with Gasteiger partial charge < -0.3 is 15.2 Å². The van der Waals surface area contributed by atoms with E-state index in [1.54, 1.807) is 0 Å². The number of phenols is 1. The monoisotopic (exact) mass is 286 g/mol. The average molecular weight is 286 g/mol. The van der Waals surface area contributed by atoms with Gasteiger partial charge in [0.25, 0.3) is 0 Å². The lowest BCUT2D eigenvalue weighted by molar-refractivity contribution is 0.0343. The van der Waals surface area contributed by atoms with Gasteiger partial charge in [0.05, 0.1) is 13.2 Å². The first-order valence-corrected chi connectivity index (χ1v) is 6.76. The molecule has 1 aliphatic rings. The Morgan fingerprint density at radius 1 is 1.30 bits per heavy atom. The molecule has 1 unspecified atom stereocenters. The van der Waals surface area contributed by atoms with Gasteiger partial charge in [-0.05, 0) is 24.6 Å². The van der Waals surface area contributed by atoms with E-state index in [9.17, 15) is 8.78 Å². The number of nitrogens with zero attached hydrogens (tertiary/aromatic N) is 1. The Kier molecular flexibility index (Phi) is 5.28. The van der Waals surface area contributed by atoms with Crippen molar-refractivity contribution in [2.75, 3.05) is 32.8 Å². The molecule has 1 aromatic carbocycles. The minimum Gasteiger partial charge on any atom is -0.503 e. The van der Waals surface area contributed by atoms with Crippen molar-refractivity contribution in [3.05, 3.63) is 29.3 Å². The molecule has 0 radical (unpaired) electrons. The summed E-state index contributed by atoms with van der Waals surface area (Å²) in [5, 5.41) is 12.3. The van der Waals surface area contributed by atoms with Crippen molar-refractivity contribution < 1.29 is 18.6 Å². The summed E-state index contributed by atoms with van der Waals surface area (Å²) in [4.78, 5) is 2.29. The zero-order valence-electron chi connectivity index (χ0n) is 11.5. The smallest absolute Gasteiger partial charge is 0.187 e. The van der Waals surface area contributed by atoms with Crippen LogP contribution >= 0.6 is 0 Å². The average Bonchev–Trinajstić information content (AvgIpc) is 2.43. The van der Waals surface area contributed by atoms with Gasteiger partial charge in [0.2, 0.25) is 0 Å². The number of rotatable bonds is 5. The third-order valence-electron chi connectivity index (χ3n) is 3.37. The van der Waals surface area contributed by atoms with Crippen LogP contribution in [0.4, 0.5) is 8.78 Å². The third kappa shape index (κ3) is 4.13. The number of morpholine rings is 1. The van der Waals surface area contributed by atoms with E-state index in [1.165, 1.54) is 0 Å². The van der Waals surface area contributed by atoms with Crippen LogP contribution in [-0.4, -0.2) is 48.9 Å². The lowest BCUT2D eigenvalue weighted by Gasteiger charge is -2.29. The van der Waals surface area contributed by atoms with Gasteiger partial charge in [0.15, 0.2) is 17.4 Å². The molecule has 2 rings (SSSR count). The van der Waals surface area contributed by atoms with Gasteiger partial charge in [-0.3, -0.25) is 4.90 Å². The largest absolute Gasteiger partial charge is 0.503 e. The molecule has 1 atom stereocenters. The summed E-state index contributed by atoms with van der Waals surface area (Å²) in [7, 11) is 0. The van der Waals surface area contributed by atoms with Crippen molar-refractivity contribution in [2.24, 2.45) is 0 Å². The molecule has 0 aromatic heterocycles. The highest BCUT2D eigenvalue weighted by Crippen LogP contribution is 2.21. The zero-order chi connectivity index (χ0) is 14.5. The third-order valence-corrected chi connectivity index (χ3v) is 3.37. The number of phenolic OH excluding ortho intramolecular Hbond substituents is 1. The van der Waals surface area contributed by atoms with Gasteiger partial charge in [0, 0.05) is 32.2 Å². The predicted molar refractivity (Wildman–Crippen MR) is 71.6 cm³/mol. The SMILES string of the molecule is CC(CN1CCOCC1)NCc1cc(F)c(O)c(F)c1. The quantitative estimate of drug-likeness (QED) is 0.860. The second kappa shape index (κ2) is 6.97. The van der Waals surface area contributed by atoms with Crippen LogP contribution in [0.1, 0.15) is 12.5 Å². The maximum atomic E-state index is 13.2. The van der Waals surface area contributed by atoms with E-state index in [2.05, 4.69) is 10.2 Å². The van der Waals surface area contributed by atoms with Crippen LogP contribution in [0.25, 0.3) is 0 Å². The van der Waals surface area contributed by atoms with Crippen LogP contribution in [0.2, 0.25) is 0 Å². The van der Waals surface area contributed by atoms with E-state index < -0.39 is 17.4 Å². The first kappa shape index (κ1) is 15.2. The Balaban J connectivity index is 1.82. The van der Waals surface area contributed by atoms with Crippen molar-refractivity contribution in [3.8, 4) is 5.75 Å². The summed E-state index contributed by atoms with van der Waals surface area (Å²) in [5.41, 5.74) is 0.478. The molecule has 1 aliphatic heterocycles. The van der Waals surface area contributed by atoms with Crippen molar-refractivity contribution in [2.45, 2.75) is 19.5 Å². The highest BCUT2D eigenvalue weighted by atomic mass is 19.1. The Labute approximate surface area is 117 Å². The number of aromatic hydroxyl groups is 1. The molecule has 2 N–H and O–H groups in total. The topological polar surface area (TPSA) is 44.7 Å². The normalized spacial score (nSPS) is 18.1. The number of benzene rings is 1. The molecular weight excluding hydrogens is 266 g/mol. The van der Waals surface area contributed by atoms with Crippen LogP contribution in [0.3, 0.4) is 0 Å². The zero-order valence-corrected chi connectivity index (χ0v) is 11.5. The van der Waals surface area contributed by atoms with Gasteiger partial charge in [-0.2, -0.15) is 0 Å². The fourth-order valence-electron chi connectivity index (χ4n) is 2.25. The molecule has 0 spiro atoms. The fraction of sp³-hybridized carbons (Fsp3) is 0.571. The van der Waals surface area contributed by atoms with Gasteiger partial charge in [-0.25, -0.2) is 8.78 Å². The molecule has 0 saturated carbocycles. The standard InChI is InChI=1S/C14H20F2N2O2/c1-10(9-18-2-4-20-5-3-18)17-8-11-6-12(15)14(19)13(16)7-11/h6-7,10,17,19H,2-5,8-9H2,1H3. The van der Waals surface area contributed by atoms with E-state index in [0.717, 1.165) is 45.0 Å². The number of ether oxygens (including phenoxy) is 1. The molecule has 1 saturated heterocycles. The summed E-state index contributed by atoms with van der Waals surface area (Å²) in [6.07, 6.45) is 0. The summed E-state index contributed by atoms with van der Waals surface area (Å²) in [5.74, 6) is -2.78. The van der Waals surface area contributed by atoms with Gasteiger partial charge in [-0.1, -0.05) is 0 Å². The number of hydrogen-bond donors (Lipinski definition) is 2. The lowest BCUT2D eigenvalue weighted by Crippen LogP contribution is -2.44. The first-order valence-electron chi connectivity index (χ1n) is 6.76. The van der Waals surface area contributed by atoms with E-state index in [-0.39, 0.29) is 6.04 Å². The van der Waals surface area contributed by atoms with Crippen LogP contribution in [0, 0.1) is 11.6 Å². The van der Waals surface area contributed by atoms with E-state index >= 15 is 0 Å². The molecule has 0 aliphatic carbocycles. The van der Waals surface area contributed by atoms with Crippen molar-refractivity contribution in [1.82, 2.24) is 10.2 Å². The van der Waals surface area contributed by atoms with E-state index in [4.69, 9.17) is 9.84 Å². The van der Waals surface area contributed by atoms with Crippen LogP contribution < -0.4 is 5.32 Å². The molecular formula is C14H20F2N2O2. The maximum Gasteiger partial charge on any atom is 0.187 e. The summed E-state index contributed by atoms with van der Waals surface area (Å²) >= 11 is 0. The predicted octanol–water partition coefficient (Wildman–Crippen LogP) is 1.48. The summed E-state index contributed by atoms with van der Waals surface area (Å²) in [6, 6.07) is 2.49. The Morgan fingerprint density at radius 2 is 1.90 bits per heavy atom. The van der Waals surface area contributed by atoms with Gasteiger partial charge in [-0.15, -0.1) is 0 Å². The molecule has 112 valence electrons. The minimum atomic E-state index is -0.928. The van der Waals surface area contributed by atoms with Crippen molar-refractivity contribution in [1.29, 1.82) is 0 Å². The molecule has 1 fully saturated rings. The van der Waals surface area contributed by atoms with Crippen LogP contribution in [-0.2, 0) is 11.3 Å². The Bertz CT molecular complexity index is 428. The summed E-state index contributed by atoms with van der Waals surface area (Å²) in [6.45, 7) is 6.58. The highest BCUT2D eigenvalue weighted by Gasteiger charge is 2.14. The van der Waals surface area contributed by atoms with Crippen molar-refractivity contribution in [3.63, 3.8) is 0 Å². The van der Waals surface area contributed by atoms with E-state index in [1.807, 2.05) is 6.92 Å². The Hall–Kier alpha value is -1.24. The molecule has 4 nitrogen and oxygen atoms in total. The lowest BCUT2D eigenvalue weighted by atomic mass is 10.2. The van der Waals surface area contributed by atoms with Crippen LogP contribution in [0.5, 0.6) is 5.75 Å². The molecule has 20 heavy (non-hydrogen) atoms. The summed E-state index contributed by atoms with van der Waals surface area (Å²) < 4.78 is 31.7. The molecule has 0 amide bonds. The van der Waals surface area contributed by atoms with Gasteiger partial charge >= 0.3 is 0 Å². The van der Waals surface area contributed by atoms with Crippen molar-refractivity contribution >= 4 is 0 Å². The second-order valence-corrected chi connectivity index (χ2v) is 5.10. The van der Waals surface area contributed by atoms with E-state index in [0.29, 0.717) is 12.1 Å². The number of halogens is 2. The first-order chi connectivity index (χ1) is 9.56. The fourth-order valence-corrected chi connectivity index (χ4v) is 2.25. The molecule has 0 bridgehead atoms. The van der Waals surface area contributed by atoms with Gasteiger partial charge in [0.1, 0.15) is 0 Å². The molecule has 1 aromatic rings. The molecule has 6 heteroatoms. The van der Waals surface area contributed by atoms with Crippen LogP contribution in [0.15, 0.2) is 12.1 Å². The molecule has 1 heterocycles. The number of nitrogens with one attached hydrogen (secondary N) is 1. The highest BCUT2D eigenvalue weighted by molar-refractivity contribution is 5.29. The number of hydrogen-bond acceptors (Lipinski definition) is 4. The minimum absolute atomic E-state index is 0.202. The second-order valence-electron chi connectivity index (χ2n) is 5.10. The Morgan fingerprint density at radius 3 is 2.50 bits per heavy atom.